The summed E-state index contributed by atoms with van der Waals surface area (Å²) in [7, 11) is 1.62. The van der Waals surface area contributed by atoms with Gasteiger partial charge in [0.25, 0.3) is 0 Å². The molecule has 2 fully saturated rings. The van der Waals surface area contributed by atoms with Crippen LogP contribution in [-0.2, 0) is 16.1 Å². The average molecular weight is 375 g/mol. The molecule has 5 heteroatoms. The third-order valence-corrected chi connectivity index (χ3v) is 6.62. The Bertz CT molecular complexity index is 626. The zero-order valence-electron chi connectivity index (χ0n) is 16.8. The minimum Gasteiger partial charge on any atom is -0.396 e. The van der Waals surface area contributed by atoms with Crippen LogP contribution in [0.5, 0.6) is 0 Å². The summed E-state index contributed by atoms with van der Waals surface area (Å²) in [5.74, 6) is 0.348. The van der Waals surface area contributed by atoms with Gasteiger partial charge >= 0.3 is 0 Å². The number of aryl methyl sites for hydroxylation is 1. The standard InChI is InChI=1S/C22H34N2O3/c1-18-4-3-5-19(14-18)15-23-10-7-22(8-11-23)9-12-24(16-20(22)17-25)21(26)6-13-27-2/h3-5,14,20,25H,6-13,15-17H2,1-2H3/t20-/m1/s1. The molecule has 2 aliphatic rings. The van der Waals surface area contributed by atoms with E-state index in [9.17, 15) is 9.90 Å². The molecule has 2 heterocycles. The normalized spacial score (nSPS) is 22.9. The summed E-state index contributed by atoms with van der Waals surface area (Å²) >= 11 is 0. The van der Waals surface area contributed by atoms with Crippen LogP contribution in [0.4, 0.5) is 0 Å². The highest BCUT2D eigenvalue weighted by atomic mass is 16.5. The van der Waals surface area contributed by atoms with Crippen molar-refractivity contribution < 1.29 is 14.6 Å². The van der Waals surface area contributed by atoms with Gasteiger partial charge < -0.3 is 14.7 Å². The van der Waals surface area contributed by atoms with Gasteiger partial charge in [-0.2, -0.15) is 0 Å². The van der Waals surface area contributed by atoms with Crippen LogP contribution in [0.25, 0.3) is 0 Å². The van der Waals surface area contributed by atoms with Crippen molar-refractivity contribution in [3.63, 3.8) is 0 Å². The fourth-order valence-electron chi connectivity index (χ4n) is 4.82. The van der Waals surface area contributed by atoms with Gasteiger partial charge in [0.1, 0.15) is 0 Å². The van der Waals surface area contributed by atoms with Crippen LogP contribution >= 0.6 is 0 Å². The molecule has 0 unspecified atom stereocenters. The van der Waals surface area contributed by atoms with E-state index in [-0.39, 0.29) is 23.8 Å². The molecule has 2 saturated heterocycles. The summed E-state index contributed by atoms with van der Waals surface area (Å²) in [4.78, 5) is 16.8. The predicted octanol–water partition coefficient (Wildman–Crippen LogP) is 2.45. The molecule has 0 aromatic heterocycles. The maximum atomic E-state index is 12.3. The monoisotopic (exact) mass is 374 g/mol. The third-order valence-electron chi connectivity index (χ3n) is 6.62. The molecule has 0 saturated carbocycles. The minimum atomic E-state index is 0.155. The van der Waals surface area contributed by atoms with Crippen molar-refractivity contribution in [3.05, 3.63) is 35.4 Å². The number of amides is 1. The van der Waals surface area contributed by atoms with Gasteiger partial charge in [0.05, 0.1) is 13.0 Å². The number of nitrogens with zero attached hydrogens (tertiary/aromatic N) is 2. The minimum absolute atomic E-state index is 0.155. The van der Waals surface area contributed by atoms with Crippen molar-refractivity contribution in [2.24, 2.45) is 11.3 Å². The molecule has 1 amide bonds. The topological polar surface area (TPSA) is 53.0 Å². The highest BCUT2D eigenvalue weighted by molar-refractivity contribution is 5.76. The van der Waals surface area contributed by atoms with Crippen molar-refractivity contribution in [1.29, 1.82) is 0 Å². The van der Waals surface area contributed by atoms with Crippen LogP contribution in [0, 0.1) is 18.3 Å². The molecule has 1 aromatic carbocycles. The van der Waals surface area contributed by atoms with Gasteiger partial charge in [-0.05, 0) is 50.3 Å². The van der Waals surface area contributed by atoms with Crippen molar-refractivity contribution >= 4 is 5.91 Å². The first-order valence-electron chi connectivity index (χ1n) is 10.2. The second-order valence-electron chi connectivity index (χ2n) is 8.34. The predicted molar refractivity (Wildman–Crippen MR) is 106 cm³/mol. The molecule has 1 atom stereocenters. The Labute approximate surface area is 163 Å². The van der Waals surface area contributed by atoms with E-state index in [1.165, 1.54) is 11.1 Å². The Hall–Kier alpha value is -1.43. The Morgan fingerprint density at radius 3 is 2.67 bits per heavy atom. The SMILES string of the molecule is COCCC(=O)N1CCC2(CCN(Cc3cccc(C)c3)CC2)[C@@H](CO)C1. The number of aliphatic hydroxyl groups is 1. The average Bonchev–Trinajstić information content (AvgIpc) is 2.68. The lowest BCUT2D eigenvalue weighted by Gasteiger charge is -2.51. The molecule has 2 aliphatic heterocycles. The van der Waals surface area contributed by atoms with Crippen LogP contribution in [0.3, 0.4) is 0 Å². The van der Waals surface area contributed by atoms with Crippen LogP contribution in [-0.4, -0.2) is 67.3 Å². The van der Waals surface area contributed by atoms with E-state index in [1.807, 2.05) is 4.90 Å². The summed E-state index contributed by atoms with van der Waals surface area (Å²) in [6.45, 7) is 7.44. The number of piperidine rings is 2. The van der Waals surface area contributed by atoms with Crippen molar-refractivity contribution in [2.45, 2.75) is 39.2 Å². The quantitative estimate of drug-likeness (QED) is 0.831. The first kappa shape index (κ1) is 20.3. The zero-order valence-corrected chi connectivity index (χ0v) is 16.8. The number of aliphatic hydroxyl groups excluding tert-OH is 1. The highest BCUT2D eigenvalue weighted by Gasteiger charge is 2.45. The molecule has 1 N–H and O–H groups in total. The van der Waals surface area contributed by atoms with E-state index in [4.69, 9.17) is 4.74 Å². The summed E-state index contributed by atoms with van der Waals surface area (Å²) < 4.78 is 5.03. The summed E-state index contributed by atoms with van der Waals surface area (Å²) in [5.41, 5.74) is 2.88. The van der Waals surface area contributed by atoms with E-state index < -0.39 is 0 Å². The molecule has 1 aromatic rings. The lowest BCUT2D eigenvalue weighted by Crippen LogP contribution is -2.54. The molecular weight excluding hydrogens is 340 g/mol. The first-order chi connectivity index (χ1) is 13.1. The number of ether oxygens (including phenoxy) is 1. The van der Waals surface area contributed by atoms with Gasteiger partial charge in [0.15, 0.2) is 0 Å². The first-order valence-corrected chi connectivity index (χ1v) is 10.2. The van der Waals surface area contributed by atoms with Crippen molar-refractivity contribution in [1.82, 2.24) is 9.80 Å². The van der Waals surface area contributed by atoms with Crippen LogP contribution in [0.15, 0.2) is 24.3 Å². The number of benzene rings is 1. The van der Waals surface area contributed by atoms with E-state index in [0.29, 0.717) is 19.6 Å². The fraction of sp³-hybridized carbons (Fsp3) is 0.682. The van der Waals surface area contributed by atoms with Crippen molar-refractivity contribution in [2.75, 3.05) is 46.5 Å². The number of hydrogen-bond acceptors (Lipinski definition) is 4. The fourth-order valence-corrected chi connectivity index (χ4v) is 4.82. The number of carbonyl (C=O) groups is 1. The highest BCUT2D eigenvalue weighted by Crippen LogP contribution is 2.45. The van der Waals surface area contributed by atoms with E-state index in [2.05, 4.69) is 36.1 Å². The number of methoxy groups -OCH3 is 1. The van der Waals surface area contributed by atoms with Crippen LogP contribution in [0.1, 0.15) is 36.8 Å². The van der Waals surface area contributed by atoms with E-state index in [1.54, 1.807) is 7.11 Å². The number of carbonyl (C=O) groups excluding carboxylic acids is 1. The summed E-state index contributed by atoms with van der Waals surface area (Å²) in [6.07, 6.45) is 3.68. The second-order valence-corrected chi connectivity index (χ2v) is 8.34. The Balaban J connectivity index is 1.55. The molecule has 0 aliphatic carbocycles. The van der Waals surface area contributed by atoms with Gasteiger partial charge in [-0.1, -0.05) is 29.8 Å². The summed E-state index contributed by atoms with van der Waals surface area (Å²) in [5, 5.41) is 10.0. The lowest BCUT2D eigenvalue weighted by atomic mass is 9.64. The molecule has 0 radical (unpaired) electrons. The summed E-state index contributed by atoms with van der Waals surface area (Å²) in [6, 6.07) is 8.75. The molecule has 3 rings (SSSR count). The van der Waals surface area contributed by atoms with Crippen LogP contribution < -0.4 is 0 Å². The van der Waals surface area contributed by atoms with Gasteiger partial charge in [-0.25, -0.2) is 0 Å². The third kappa shape index (κ3) is 4.89. The molecule has 1 spiro atoms. The van der Waals surface area contributed by atoms with Gasteiger partial charge in [0, 0.05) is 39.3 Å². The van der Waals surface area contributed by atoms with Crippen molar-refractivity contribution in [3.8, 4) is 0 Å². The Morgan fingerprint density at radius 2 is 2.00 bits per heavy atom. The van der Waals surface area contributed by atoms with E-state index in [0.717, 1.165) is 45.4 Å². The Morgan fingerprint density at radius 1 is 1.26 bits per heavy atom. The van der Waals surface area contributed by atoms with Gasteiger partial charge in [-0.3, -0.25) is 9.69 Å². The number of hydrogen-bond donors (Lipinski definition) is 1. The molecule has 0 bridgehead atoms. The molecule has 5 nitrogen and oxygen atoms in total. The number of likely N-dealkylation sites (tertiary alicyclic amines) is 2. The molecular formula is C22H34N2O3. The number of rotatable bonds is 6. The van der Waals surface area contributed by atoms with Crippen LogP contribution in [0.2, 0.25) is 0 Å². The second kappa shape index (κ2) is 9.18. The van der Waals surface area contributed by atoms with E-state index >= 15 is 0 Å². The van der Waals surface area contributed by atoms with Gasteiger partial charge in [-0.15, -0.1) is 0 Å². The maximum absolute atomic E-state index is 12.3. The zero-order chi connectivity index (χ0) is 19.3. The van der Waals surface area contributed by atoms with Gasteiger partial charge in [0.2, 0.25) is 5.91 Å². The molecule has 150 valence electrons. The maximum Gasteiger partial charge on any atom is 0.224 e. The Kier molecular flexibility index (Phi) is 6.90. The largest absolute Gasteiger partial charge is 0.396 e. The molecule has 27 heavy (non-hydrogen) atoms. The smallest absolute Gasteiger partial charge is 0.224 e. The lowest BCUT2D eigenvalue weighted by molar-refractivity contribution is -0.139.